The molecule has 1 aromatic carbocycles. The smallest absolute Gasteiger partial charge is 0.290 e. The molecule has 0 amide bonds. The minimum atomic E-state index is -0.778. The summed E-state index contributed by atoms with van der Waals surface area (Å²) in [4.78, 5) is 31.3. The van der Waals surface area contributed by atoms with E-state index in [4.69, 9.17) is 0 Å². The number of rotatable bonds is 5. The van der Waals surface area contributed by atoms with Crippen LogP contribution in [0.1, 0.15) is 13.8 Å². The number of Topliss-reactive ketones (excluding diaryl/α,β-unsaturated/α-hetero) is 1. The fraction of sp³-hybridized carbons (Fsp3) is 0.182. The monoisotopic (exact) mass is 298 g/mol. The molecule has 0 aliphatic rings. The summed E-state index contributed by atoms with van der Waals surface area (Å²) in [6.45, 7) is 2.49. The van der Waals surface area contributed by atoms with Gasteiger partial charge in [-0.25, -0.2) is 0 Å². The first kappa shape index (κ1) is 15.6. The van der Waals surface area contributed by atoms with Gasteiger partial charge in [-0.2, -0.15) is 0 Å². The number of carbonyl (C=O) groups is 1. The Bertz CT molecular complexity index is 621. The van der Waals surface area contributed by atoms with E-state index in [0.29, 0.717) is 11.8 Å². The lowest BCUT2D eigenvalue weighted by Gasteiger charge is -2.05. The highest BCUT2D eigenvalue weighted by Gasteiger charge is 2.22. The van der Waals surface area contributed by atoms with E-state index in [0.717, 1.165) is 12.1 Å². The van der Waals surface area contributed by atoms with Gasteiger partial charge in [0.15, 0.2) is 5.78 Å². The number of non-ortho nitro benzene ring substituents is 1. The van der Waals surface area contributed by atoms with Crippen molar-refractivity contribution in [2.24, 2.45) is 0 Å². The van der Waals surface area contributed by atoms with E-state index in [9.17, 15) is 30.1 Å². The molecule has 1 aromatic rings. The molecule has 0 heterocycles. The summed E-state index contributed by atoms with van der Waals surface area (Å²) in [7, 11) is 0. The van der Waals surface area contributed by atoms with E-state index in [1.165, 1.54) is 19.9 Å². The number of thioether (sulfide) groups is 1. The van der Waals surface area contributed by atoms with Crippen LogP contribution in [-0.4, -0.2) is 20.7 Å². The van der Waals surface area contributed by atoms with Crippen molar-refractivity contribution < 1.29 is 19.7 Å². The van der Waals surface area contributed by atoms with Gasteiger partial charge in [-0.05, 0) is 19.9 Å². The van der Waals surface area contributed by atoms with Crippen LogP contribution in [-0.2, 0) is 4.79 Å². The van der Waals surface area contributed by atoms with Crippen molar-refractivity contribution in [2.45, 2.75) is 18.7 Å². The normalized spacial score (nSPS) is 11.7. The van der Waals surface area contributed by atoms with Crippen molar-refractivity contribution in [3.05, 3.63) is 49.1 Å². The number of benzene rings is 1. The number of nitro groups is 2. The van der Waals surface area contributed by atoms with Crippen molar-refractivity contribution >= 4 is 28.9 Å². The number of aliphatic hydroxyl groups excluding tert-OH is 1. The first-order chi connectivity index (χ1) is 9.23. The van der Waals surface area contributed by atoms with E-state index >= 15 is 0 Å². The lowest BCUT2D eigenvalue weighted by Crippen LogP contribution is -1.99. The summed E-state index contributed by atoms with van der Waals surface area (Å²) in [5, 5.41) is 30.9. The fourth-order valence-corrected chi connectivity index (χ4v) is 2.24. The first-order valence-electron chi connectivity index (χ1n) is 5.25. The molecular weight excluding hydrogens is 288 g/mol. The number of aliphatic hydroxyl groups is 1. The topological polar surface area (TPSA) is 124 Å². The van der Waals surface area contributed by atoms with E-state index in [1.807, 2.05) is 0 Å². The molecule has 0 saturated carbocycles. The molecule has 0 unspecified atom stereocenters. The van der Waals surface area contributed by atoms with Crippen LogP contribution in [0.2, 0.25) is 0 Å². The van der Waals surface area contributed by atoms with Gasteiger partial charge in [-0.15, -0.1) is 0 Å². The number of allylic oxidation sites excluding steroid dienone is 2. The Kier molecular flexibility index (Phi) is 4.81. The average Bonchev–Trinajstić information content (AvgIpc) is 2.34. The third-order valence-electron chi connectivity index (χ3n) is 2.21. The predicted octanol–water partition coefficient (Wildman–Crippen LogP) is 2.97. The van der Waals surface area contributed by atoms with E-state index in [-0.39, 0.29) is 15.6 Å². The van der Waals surface area contributed by atoms with Crippen molar-refractivity contribution in [3.8, 4) is 0 Å². The highest BCUT2D eigenvalue weighted by molar-refractivity contribution is 8.04. The van der Waals surface area contributed by atoms with E-state index in [1.54, 1.807) is 0 Å². The largest absolute Gasteiger partial charge is 0.511 e. The van der Waals surface area contributed by atoms with Crippen LogP contribution in [0, 0.1) is 20.2 Å². The highest BCUT2D eigenvalue weighted by Crippen LogP contribution is 2.37. The Balaban J connectivity index is 3.32. The molecular formula is C11H10N2O6S. The number of hydrogen-bond acceptors (Lipinski definition) is 7. The summed E-state index contributed by atoms with van der Waals surface area (Å²) < 4.78 is 0. The van der Waals surface area contributed by atoms with Crippen LogP contribution in [0.3, 0.4) is 0 Å². The van der Waals surface area contributed by atoms with Crippen LogP contribution in [0.5, 0.6) is 0 Å². The Hall–Kier alpha value is -2.42. The summed E-state index contributed by atoms with van der Waals surface area (Å²) >= 11 is 0.696. The molecule has 0 spiro atoms. The molecule has 106 valence electrons. The minimum Gasteiger partial charge on any atom is -0.511 e. The van der Waals surface area contributed by atoms with Gasteiger partial charge >= 0.3 is 0 Å². The van der Waals surface area contributed by atoms with Gasteiger partial charge in [0.2, 0.25) is 0 Å². The fourth-order valence-electron chi connectivity index (χ4n) is 1.36. The molecule has 1 rings (SSSR count). The molecule has 0 bridgehead atoms. The van der Waals surface area contributed by atoms with Gasteiger partial charge < -0.3 is 5.11 Å². The Morgan fingerprint density at radius 3 is 2.20 bits per heavy atom. The van der Waals surface area contributed by atoms with Crippen molar-refractivity contribution in [3.63, 3.8) is 0 Å². The summed E-state index contributed by atoms with van der Waals surface area (Å²) in [6.07, 6.45) is 0. The lowest BCUT2D eigenvalue weighted by molar-refractivity contribution is -0.396. The van der Waals surface area contributed by atoms with Crippen LogP contribution in [0.25, 0.3) is 0 Å². The molecule has 20 heavy (non-hydrogen) atoms. The number of carbonyl (C=O) groups excluding carboxylic acids is 1. The Labute approximate surface area is 117 Å². The van der Waals surface area contributed by atoms with Crippen LogP contribution in [0.4, 0.5) is 11.4 Å². The van der Waals surface area contributed by atoms with Crippen molar-refractivity contribution in [2.75, 3.05) is 0 Å². The minimum absolute atomic E-state index is 0.0409. The van der Waals surface area contributed by atoms with Gasteiger partial charge in [0.05, 0.1) is 25.7 Å². The molecule has 0 aliphatic heterocycles. The third kappa shape index (κ3) is 3.54. The molecule has 0 atom stereocenters. The molecule has 0 aliphatic carbocycles. The maximum absolute atomic E-state index is 11.3. The summed E-state index contributed by atoms with van der Waals surface area (Å²) in [5.41, 5.74) is -0.917. The number of nitrogens with zero attached hydrogens (tertiary/aromatic N) is 2. The zero-order valence-corrected chi connectivity index (χ0v) is 11.3. The SMILES string of the molecule is CC(=O)/C(Sc1ccc([N+](=O)[O-])cc1[N+](=O)[O-])=C(/C)O. The second kappa shape index (κ2) is 6.15. The molecule has 0 fully saturated rings. The van der Waals surface area contributed by atoms with Gasteiger partial charge in [-0.3, -0.25) is 25.0 Å². The van der Waals surface area contributed by atoms with Gasteiger partial charge in [0.25, 0.3) is 11.4 Å². The molecule has 8 nitrogen and oxygen atoms in total. The molecule has 9 heteroatoms. The maximum atomic E-state index is 11.3. The van der Waals surface area contributed by atoms with Gasteiger partial charge in [0.1, 0.15) is 5.76 Å². The summed E-state index contributed by atoms with van der Waals surface area (Å²) in [6, 6.07) is 3.08. The van der Waals surface area contributed by atoms with E-state index in [2.05, 4.69) is 0 Å². The average molecular weight is 298 g/mol. The van der Waals surface area contributed by atoms with Crippen LogP contribution < -0.4 is 0 Å². The number of nitro benzene ring substituents is 2. The van der Waals surface area contributed by atoms with Crippen LogP contribution >= 0.6 is 11.8 Å². The van der Waals surface area contributed by atoms with Crippen molar-refractivity contribution in [1.29, 1.82) is 0 Å². The third-order valence-corrected chi connectivity index (χ3v) is 3.56. The second-order valence-corrected chi connectivity index (χ2v) is 4.79. The second-order valence-electron chi connectivity index (χ2n) is 3.74. The quantitative estimate of drug-likeness (QED) is 0.291. The molecule has 0 radical (unpaired) electrons. The van der Waals surface area contributed by atoms with E-state index < -0.39 is 27.0 Å². The van der Waals surface area contributed by atoms with Gasteiger partial charge in [0, 0.05) is 6.07 Å². The number of ketones is 1. The Morgan fingerprint density at radius 1 is 1.20 bits per heavy atom. The maximum Gasteiger partial charge on any atom is 0.290 e. The molecule has 0 aromatic heterocycles. The first-order valence-corrected chi connectivity index (χ1v) is 6.07. The zero-order valence-electron chi connectivity index (χ0n) is 10.5. The number of hydrogen-bond donors (Lipinski definition) is 1. The van der Waals surface area contributed by atoms with Crippen LogP contribution in [0.15, 0.2) is 33.8 Å². The molecule has 1 N–H and O–H groups in total. The van der Waals surface area contributed by atoms with Crippen molar-refractivity contribution in [1.82, 2.24) is 0 Å². The van der Waals surface area contributed by atoms with Gasteiger partial charge in [-0.1, -0.05) is 11.8 Å². The Morgan fingerprint density at radius 2 is 1.80 bits per heavy atom. The lowest BCUT2D eigenvalue weighted by atomic mass is 10.3. The zero-order chi connectivity index (χ0) is 15.4. The summed E-state index contributed by atoms with van der Waals surface area (Å²) in [5.74, 6) is -0.724. The highest BCUT2D eigenvalue weighted by atomic mass is 32.2. The standard InChI is InChI=1S/C11H10N2O6S/c1-6(14)11(7(2)15)20-10-4-3-8(12(16)17)5-9(10)13(18)19/h3-5,14H,1-2H3/b11-6+. The molecule has 0 saturated heterocycles. The predicted molar refractivity (Wildman–Crippen MR) is 71.6 cm³/mol.